The molecule has 0 fully saturated rings. The first-order valence-corrected chi connectivity index (χ1v) is 6.33. The summed E-state index contributed by atoms with van der Waals surface area (Å²) in [5.74, 6) is 1.13. The SMILES string of the molecule is CCC(N)Cc1noc(-c2cccc(Cl)c2C)n1. The highest BCUT2D eigenvalue weighted by atomic mass is 35.5. The molecule has 2 N–H and O–H groups in total. The van der Waals surface area contributed by atoms with E-state index in [9.17, 15) is 0 Å². The van der Waals surface area contributed by atoms with E-state index in [-0.39, 0.29) is 6.04 Å². The quantitative estimate of drug-likeness (QED) is 0.923. The van der Waals surface area contributed by atoms with Gasteiger partial charge in [-0.05, 0) is 31.0 Å². The molecule has 1 aromatic heterocycles. The minimum absolute atomic E-state index is 0.0657. The fraction of sp³-hybridized carbons (Fsp3) is 0.385. The van der Waals surface area contributed by atoms with Crippen LogP contribution in [0.25, 0.3) is 11.5 Å². The number of hydrogen-bond donors (Lipinski definition) is 1. The van der Waals surface area contributed by atoms with Crippen molar-refractivity contribution >= 4 is 11.6 Å². The molecule has 0 bridgehead atoms. The summed E-state index contributed by atoms with van der Waals surface area (Å²) in [6.45, 7) is 3.96. The maximum Gasteiger partial charge on any atom is 0.258 e. The van der Waals surface area contributed by atoms with Crippen LogP contribution < -0.4 is 5.73 Å². The summed E-state index contributed by atoms with van der Waals surface area (Å²) in [6.07, 6.45) is 1.51. The lowest BCUT2D eigenvalue weighted by atomic mass is 10.1. The van der Waals surface area contributed by atoms with E-state index in [1.54, 1.807) is 0 Å². The summed E-state index contributed by atoms with van der Waals surface area (Å²) < 4.78 is 5.26. The van der Waals surface area contributed by atoms with Gasteiger partial charge in [0.2, 0.25) is 0 Å². The summed E-state index contributed by atoms with van der Waals surface area (Å²) in [7, 11) is 0. The van der Waals surface area contributed by atoms with E-state index in [1.165, 1.54) is 0 Å². The maximum atomic E-state index is 6.07. The van der Waals surface area contributed by atoms with Crippen molar-refractivity contribution < 1.29 is 4.52 Å². The Kier molecular flexibility index (Phi) is 3.99. The fourth-order valence-electron chi connectivity index (χ4n) is 1.66. The third kappa shape index (κ3) is 2.71. The Morgan fingerprint density at radius 2 is 2.22 bits per heavy atom. The van der Waals surface area contributed by atoms with Gasteiger partial charge < -0.3 is 10.3 Å². The molecule has 18 heavy (non-hydrogen) atoms. The first-order valence-electron chi connectivity index (χ1n) is 5.95. The number of nitrogens with two attached hydrogens (primary N) is 1. The minimum Gasteiger partial charge on any atom is -0.334 e. The van der Waals surface area contributed by atoms with Crippen molar-refractivity contribution in [3.05, 3.63) is 34.6 Å². The third-order valence-electron chi connectivity index (χ3n) is 2.94. The summed E-state index contributed by atoms with van der Waals surface area (Å²) in [5.41, 5.74) is 7.67. The van der Waals surface area contributed by atoms with Crippen molar-refractivity contribution in [2.75, 3.05) is 0 Å². The van der Waals surface area contributed by atoms with E-state index in [0.717, 1.165) is 17.5 Å². The second-order valence-electron chi connectivity index (χ2n) is 4.30. The van der Waals surface area contributed by atoms with Crippen LogP contribution in [-0.4, -0.2) is 16.2 Å². The molecule has 0 aliphatic heterocycles. The van der Waals surface area contributed by atoms with Crippen LogP contribution in [-0.2, 0) is 6.42 Å². The van der Waals surface area contributed by atoms with Crippen molar-refractivity contribution in [3.8, 4) is 11.5 Å². The monoisotopic (exact) mass is 265 g/mol. The van der Waals surface area contributed by atoms with Crippen LogP contribution >= 0.6 is 11.6 Å². The summed E-state index contributed by atoms with van der Waals surface area (Å²) in [6, 6.07) is 5.69. The molecule has 2 rings (SSSR count). The fourth-order valence-corrected chi connectivity index (χ4v) is 1.84. The molecule has 96 valence electrons. The van der Waals surface area contributed by atoms with E-state index in [4.69, 9.17) is 21.9 Å². The Morgan fingerprint density at radius 3 is 2.94 bits per heavy atom. The van der Waals surface area contributed by atoms with Gasteiger partial charge in [-0.2, -0.15) is 4.98 Å². The number of benzene rings is 1. The van der Waals surface area contributed by atoms with Crippen molar-refractivity contribution in [2.24, 2.45) is 5.73 Å². The zero-order chi connectivity index (χ0) is 13.1. The summed E-state index contributed by atoms with van der Waals surface area (Å²) in [4.78, 5) is 4.35. The Bertz CT molecular complexity index is 539. The third-order valence-corrected chi connectivity index (χ3v) is 3.34. The van der Waals surface area contributed by atoms with Gasteiger partial charge in [-0.1, -0.05) is 29.7 Å². The van der Waals surface area contributed by atoms with Crippen LogP contribution in [0.3, 0.4) is 0 Å². The van der Waals surface area contributed by atoms with Crippen LogP contribution in [0.4, 0.5) is 0 Å². The largest absolute Gasteiger partial charge is 0.334 e. The average Bonchev–Trinajstić information content (AvgIpc) is 2.80. The number of aromatic nitrogens is 2. The predicted molar refractivity (Wildman–Crippen MR) is 71.5 cm³/mol. The van der Waals surface area contributed by atoms with Crippen molar-refractivity contribution in [2.45, 2.75) is 32.7 Å². The van der Waals surface area contributed by atoms with Gasteiger partial charge in [0.05, 0.1) is 0 Å². The molecule has 4 nitrogen and oxygen atoms in total. The Balaban J connectivity index is 2.27. The highest BCUT2D eigenvalue weighted by Crippen LogP contribution is 2.27. The van der Waals surface area contributed by atoms with Gasteiger partial charge in [-0.3, -0.25) is 0 Å². The lowest BCUT2D eigenvalue weighted by molar-refractivity contribution is 0.419. The zero-order valence-corrected chi connectivity index (χ0v) is 11.2. The number of halogens is 1. The van der Waals surface area contributed by atoms with E-state index in [0.29, 0.717) is 23.2 Å². The van der Waals surface area contributed by atoms with Crippen molar-refractivity contribution in [1.82, 2.24) is 10.1 Å². The van der Waals surface area contributed by atoms with E-state index in [1.807, 2.05) is 32.0 Å². The van der Waals surface area contributed by atoms with Gasteiger partial charge in [-0.15, -0.1) is 0 Å². The molecule has 0 saturated carbocycles. The molecule has 2 aromatic rings. The average molecular weight is 266 g/mol. The molecule has 1 aromatic carbocycles. The molecular weight excluding hydrogens is 250 g/mol. The van der Waals surface area contributed by atoms with Gasteiger partial charge in [0, 0.05) is 23.0 Å². The Morgan fingerprint density at radius 1 is 1.44 bits per heavy atom. The first kappa shape index (κ1) is 13.1. The second kappa shape index (κ2) is 5.50. The molecule has 1 heterocycles. The van der Waals surface area contributed by atoms with Crippen LogP contribution in [0.5, 0.6) is 0 Å². The lowest BCUT2D eigenvalue weighted by Crippen LogP contribution is -2.21. The van der Waals surface area contributed by atoms with Crippen LogP contribution in [0.1, 0.15) is 24.7 Å². The van der Waals surface area contributed by atoms with E-state index < -0.39 is 0 Å². The highest BCUT2D eigenvalue weighted by molar-refractivity contribution is 6.31. The van der Waals surface area contributed by atoms with E-state index in [2.05, 4.69) is 10.1 Å². The molecule has 1 atom stereocenters. The standard InChI is InChI=1S/C13H16ClN3O/c1-3-9(15)7-12-16-13(18-17-12)10-5-4-6-11(14)8(10)2/h4-6,9H,3,7,15H2,1-2H3. The van der Waals surface area contributed by atoms with Crippen molar-refractivity contribution in [3.63, 3.8) is 0 Å². The van der Waals surface area contributed by atoms with Crippen LogP contribution in [0.15, 0.2) is 22.7 Å². The second-order valence-corrected chi connectivity index (χ2v) is 4.71. The van der Waals surface area contributed by atoms with Gasteiger partial charge in [0.25, 0.3) is 5.89 Å². The lowest BCUT2D eigenvalue weighted by Gasteiger charge is -2.03. The van der Waals surface area contributed by atoms with E-state index >= 15 is 0 Å². The predicted octanol–water partition coefficient (Wildman–Crippen LogP) is 2.98. The highest BCUT2D eigenvalue weighted by Gasteiger charge is 2.14. The van der Waals surface area contributed by atoms with Gasteiger partial charge in [0.15, 0.2) is 5.82 Å². The molecular formula is C13H16ClN3O. The number of nitrogens with zero attached hydrogens (tertiary/aromatic N) is 2. The topological polar surface area (TPSA) is 64.9 Å². The zero-order valence-electron chi connectivity index (χ0n) is 10.5. The Labute approximate surface area is 111 Å². The summed E-state index contributed by atoms with van der Waals surface area (Å²) >= 11 is 6.07. The number of rotatable bonds is 4. The molecule has 0 aliphatic rings. The number of hydrogen-bond acceptors (Lipinski definition) is 4. The first-order chi connectivity index (χ1) is 8.61. The van der Waals surface area contributed by atoms with Gasteiger partial charge >= 0.3 is 0 Å². The maximum absolute atomic E-state index is 6.07. The normalized spacial score (nSPS) is 12.7. The minimum atomic E-state index is 0.0657. The molecule has 0 amide bonds. The van der Waals surface area contributed by atoms with Gasteiger partial charge in [-0.25, -0.2) is 0 Å². The van der Waals surface area contributed by atoms with Crippen molar-refractivity contribution in [1.29, 1.82) is 0 Å². The molecule has 0 saturated heterocycles. The van der Waals surface area contributed by atoms with Crippen LogP contribution in [0.2, 0.25) is 5.02 Å². The van der Waals surface area contributed by atoms with Crippen LogP contribution in [0, 0.1) is 6.92 Å². The smallest absolute Gasteiger partial charge is 0.258 e. The molecule has 0 spiro atoms. The van der Waals surface area contributed by atoms with Gasteiger partial charge in [0.1, 0.15) is 0 Å². The summed E-state index contributed by atoms with van der Waals surface area (Å²) in [5, 5.41) is 4.63. The molecule has 5 heteroatoms. The molecule has 0 radical (unpaired) electrons. The molecule has 1 unspecified atom stereocenters. The Hall–Kier alpha value is -1.39. The molecule has 0 aliphatic carbocycles.